The lowest BCUT2D eigenvalue weighted by Crippen LogP contribution is -2.15. The van der Waals surface area contributed by atoms with Crippen molar-refractivity contribution in [3.8, 4) is 0 Å². The number of fused-ring (bicyclic) bond motifs is 3. The van der Waals surface area contributed by atoms with Crippen molar-refractivity contribution in [1.29, 1.82) is 0 Å². The summed E-state index contributed by atoms with van der Waals surface area (Å²) in [6.45, 7) is 6.81. The van der Waals surface area contributed by atoms with Gasteiger partial charge < -0.3 is 0 Å². The molecule has 1 aliphatic rings. The van der Waals surface area contributed by atoms with E-state index in [0.29, 0.717) is 5.92 Å². The molecule has 4 heteroatoms. The van der Waals surface area contributed by atoms with E-state index >= 15 is 0 Å². The van der Waals surface area contributed by atoms with Gasteiger partial charge >= 0.3 is 0 Å². The van der Waals surface area contributed by atoms with Crippen LogP contribution in [0.2, 0.25) is 0 Å². The highest BCUT2D eigenvalue weighted by Gasteiger charge is 2.39. The molecule has 3 rings (SSSR count). The minimum atomic E-state index is 0.191. The average Bonchev–Trinajstić information content (AvgIpc) is 2.64. The summed E-state index contributed by atoms with van der Waals surface area (Å²) in [5.41, 5.74) is 2.73. The Kier molecular flexibility index (Phi) is 1.97. The third-order valence-corrected chi connectivity index (χ3v) is 3.81. The maximum atomic E-state index is 4.64. The van der Waals surface area contributed by atoms with Crippen LogP contribution >= 0.6 is 15.9 Å². The highest BCUT2D eigenvalue weighted by molar-refractivity contribution is 9.10. The minimum absolute atomic E-state index is 0.191. The van der Waals surface area contributed by atoms with Gasteiger partial charge in [0.15, 0.2) is 0 Å². The Balaban J connectivity index is 2.39. The molecule has 0 amide bonds. The van der Waals surface area contributed by atoms with Crippen LogP contribution < -0.4 is 0 Å². The molecule has 16 heavy (non-hydrogen) atoms. The predicted octanol–water partition coefficient (Wildman–Crippen LogP) is 3.28. The third-order valence-electron chi connectivity index (χ3n) is 3.40. The van der Waals surface area contributed by atoms with Gasteiger partial charge in [-0.05, 0) is 22.4 Å². The van der Waals surface area contributed by atoms with Crippen molar-refractivity contribution in [1.82, 2.24) is 14.4 Å². The first-order valence-corrected chi connectivity index (χ1v) is 6.32. The molecule has 84 valence electrons. The molecule has 0 aliphatic heterocycles. The molecule has 0 N–H and O–H groups in total. The fourth-order valence-corrected chi connectivity index (χ4v) is 3.21. The van der Waals surface area contributed by atoms with Gasteiger partial charge in [0.25, 0.3) is 0 Å². The first-order valence-electron chi connectivity index (χ1n) is 5.53. The topological polar surface area (TPSA) is 30.2 Å². The maximum absolute atomic E-state index is 4.64. The van der Waals surface area contributed by atoms with Crippen LogP contribution in [-0.4, -0.2) is 14.4 Å². The molecule has 1 unspecified atom stereocenters. The summed E-state index contributed by atoms with van der Waals surface area (Å²) in [4.78, 5) is 8.99. The molecule has 1 aliphatic carbocycles. The van der Waals surface area contributed by atoms with E-state index in [-0.39, 0.29) is 5.41 Å². The number of hydrogen-bond acceptors (Lipinski definition) is 2. The summed E-state index contributed by atoms with van der Waals surface area (Å²) >= 11 is 3.47. The lowest BCUT2D eigenvalue weighted by molar-refractivity contribution is 0.473. The summed E-state index contributed by atoms with van der Waals surface area (Å²) < 4.78 is 3.12. The Hall–Kier alpha value is -0.900. The zero-order valence-electron chi connectivity index (χ0n) is 9.66. The van der Waals surface area contributed by atoms with Crippen LogP contribution in [0.1, 0.15) is 44.5 Å². The van der Waals surface area contributed by atoms with Crippen molar-refractivity contribution < 1.29 is 0 Å². The first-order chi connectivity index (χ1) is 7.49. The zero-order chi connectivity index (χ0) is 11.5. The monoisotopic (exact) mass is 279 g/mol. The zero-order valence-corrected chi connectivity index (χ0v) is 11.2. The van der Waals surface area contributed by atoms with E-state index in [9.17, 15) is 0 Å². The Morgan fingerprint density at radius 3 is 3.00 bits per heavy atom. The van der Waals surface area contributed by atoms with Crippen LogP contribution in [0.25, 0.3) is 5.78 Å². The minimum Gasteiger partial charge on any atom is -0.286 e. The van der Waals surface area contributed by atoms with E-state index < -0.39 is 0 Å². The molecule has 0 spiro atoms. The summed E-state index contributed by atoms with van der Waals surface area (Å²) in [5.74, 6) is 1.35. The smallest absolute Gasteiger partial charge is 0.234 e. The summed E-state index contributed by atoms with van der Waals surface area (Å²) in [7, 11) is 0. The molecule has 1 atom stereocenters. The van der Waals surface area contributed by atoms with Crippen LogP contribution in [0.15, 0.2) is 16.9 Å². The SMILES string of the molecule is CC1CC(C)(C)c2c1nc1ncc(Br)cn21. The molecular formula is C12H14BrN3. The summed E-state index contributed by atoms with van der Waals surface area (Å²) in [6.07, 6.45) is 5.03. The van der Waals surface area contributed by atoms with E-state index in [1.165, 1.54) is 17.8 Å². The van der Waals surface area contributed by atoms with Gasteiger partial charge in [-0.15, -0.1) is 0 Å². The van der Waals surface area contributed by atoms with Crippen molar-refractivity contribution in [2.24, 2.45) is 0 Å². The summed E-state index contributed by atoms with van der Waals surface area (Å²) in [5, 5.41) is 0. The van der Waals surface area contributed by atoms with Crippen LogP contribution in [0.4, 0.5) is 0 Å². The Morgan fingerprint density at radius 1 is 1.50 bits per heavy atom. The Labute approximate surface area is 103 Å². The van der Waals surface area contributed by atoms with Gasteiger partial charge in [-0.3, -0.25) is 4.40 Å². The molecule has 3 nitrogen and oxygen atoms in total. The van der Waals surface area contributed by atoms with E-state index in [0.717, 1.165) is 10.3 Å². The summed E-state index contributed by atoms with van der Waals surface area (Å²) in [6, 6.07) is 0. The number of rotatable bonds is 0. The van der Waals surface area contributed by atoms with Crippen molar-refractivity contribution in [2.45, 2.75) is 38.5 Å². The molecule has 0 bridgehead atoms. The molecule has 0 fully saturated rings. The number of aromatic nitrogens is 3. The second-order valence-corrected chi connectivity index (χ2v) is 6.19. The molecule has 0 radical (unpaired) electrons. The van der Waals surface area contributed by atoms with E-state index in [1.54, 1.807) is 6.20 Å². The lowest BCUT2D eigenvalue weighted by atomic mass is 9.89. The van der Waals surface area contributed by atoms with E-state index in [4.69, 9.17) is 0 Å². The predicted molar refractivity (Wildman–Crippen MR) is 66.7 cm³/mol. The highest BCUT2D eigenvalue weighted by Crippen LogP contribution is 2.45. The number of hydrogen-bond donors (Lipinski definition) is 0. The molecule has 2 heterocycles. The van der Waals surface area contributed by atoms with Crippen molar-refractivity contribution in [3.05, 3.63) is 28.3 Å². The third kappa shape index (κ3) is 1.25. The molecule has 0 saturated heterocycles. The molecule has 0 aromatic carbocycles. The average molecular weight is 280 g/mol. The van der Waals surface area contributed by atoms with Gasteiger partial charge in [0.05, 0.1) is 15.9 Å². The van der Waals surface area contributed by atoms with E-state index in [2.05, 4.69) is 57.3 Å². The lowest BCUT2D eigenvalue weighted by Gasteiger charge is -2.19. The van der Waals surface area contributed by atoms with E-state index in [1.807, 2.05) is 0 Å². The quantitative estimate of drug-likeness (QED) is 0.741. The van der Waals surface area contributed by atoms with Crippen LogP contribution in [0.5, 0.6) is 0 Å². The standard InChI is InChI=1S/C12H14BrN3/c1-7-4-12(2,3)10-9(7)15-11-14-5-8(13)6-16(10)11/h5-7H,4H2,1-3H3. The van der Waals surface area contributed by atoms with Gasteiger partial charge in [0, 0.05) is 23.7 Å². The van der Waals surface area contributed by atoms with Gasteiger partial charge in [0.1, 0.15) is 0 Å². The van der Waals surface area contributed by atoms with Crippen LogP contribution in [0, 0.1) is 0 Å². The number of nitrogens with zero attached hydrogens (tertiary/aromatic N) is 3. The molecule has 2 aromatic rings. The molecular weight excluding hydrogens is 266 g/mol. The Morgan fingerprint density at radius 2 is 2.25 bits per heavy atom. The number of halogens is 1. The second-order valence-electron chi connectivity index (χ2n) is 5.28. The fourth-order valence-electron chi connectivity index (χ4n) is 2.90. The Bertz CT molecular complexity index is 571. The van der Waals surface area contributed by atoms with Crippen molar-refractivity contribution >= 4 is 21.7 Å². The van der Waals surface area contributed by atoms with Crippen LogP contribution in [-0.2, 0) is 5.41 Å². The second kappa shape index (κ2) is 3.06. The fraction of sp³-hybridized carbons (Fsp3) is 0.500. The van der Waals surface area contributed by atoms with Crippen molar-refractivity contribution in [2.75, 3.05) is 0 Å². The van der Waals surface area contributed by atoms with Crippen molar-refractivity contribution in [3.63, 3.8) is 0 Å². The molecule has 2 aromatic heterocycles. The largest absolute Gasteiger partial charge is 0.286 e. The molecule has 0 saturated carbocycles. The van der Waals surface area contributed by atoms with Crippen LogP contribution in [0.3, 0.4) is 0 Å². The highest BCUT2D eigenvalue weighted by atomic mass is 79.9. The maximum Gasteiger partial charge on any atom is 0.234 e. The first kappa shape index (κ1) is 10.3. The van der Waals surface area contributed by atoms with Gasteiger partial charge in [-0.25, -0.2) is 9.97 Å². The normalized spacial score (nSPS) is 22.6. The van der Waals surface area contributed by atoms with Gasteiger partial charge in [-0.2, -0.15) is 0 Å². The number of imidazole rings is 1. The van der Waals surface area contributed by atoms with Gasteiger partial charge in [0.2, 0.25) is 5.78 Å². The van der Waals surface area contributed by atoms with Gasteiger partial charge in [-0.1, -0.05) is 20.8 Å².